The summed E-state index contributed by atoms with van der Waals surface area (Å²) in [5.74, 6) is -0.476. The molecule has 0 aromatic heterocycles. The predicted octanol–water partition coefficient (Wildman–Crippen LogP) is 23.1. The Kier molecular flexibility index (Phi) is 61.8. The van der Waals surface area contributed by atoms with Crippen molar-refractivity contribution in [3.05, 3.63) is 12.2 Å². The Hall–Kier alpha value is -1.25. The van der Waals surface area contributed by atoms with E-state index in [0.717, 1.165) is 57.8 Å². The van der Waals surface area contributed by atoms with E-state index < -0.39 is 20.0 Å². The highest BCUT2D eigenvalue weighted by Crippen LogP contribution is 2.43. The Balaban J connectivity index is 4.98. The monoisotopic (exact) mass is 1180 g/mol. The van der Waals surface area contributed by atoms with Gasteiger partial charge in [0, 0.05) is 12.8 Å². The number of ether oxygens (including phenoxy) is 1. The highest BCUT2D eigenvalue weighted by molar-refractivity contribution is 7.47. The third-order valence-electron chi connectivity index (χ3n) is 17.0. The topological polar surface area (TPSA) is 111 Å². The standard InChI is InChI=1S/C72H143N2O7P/c1-7-10-13-16-19-22-25-28-30-32-34-35-36-37-38-39-41-43-45-47-50-53-56-59-62-65-72(76)81-70(63-60-57-54-51-48-27-24-21-18-15-12-9-3)69(68-80-82(77,78)79-67-66-74(4,5)6)73-71(75)64-61-58-55-52-49-46-44-42-40-33-31-29-26-23-20-17-14-11-8-2/h60,63,69-70H,7-59,61-62,64-68H2,1-6H3,(H-,73,75,77,78)/p+1/b63-60-. The molecule has 0 radical (unpaired) electrons. The van der Waals surface area contributed by atoms with E-state index in [1.165, 1.54) is 295 Å². The molecule has 0 aliphatic carbocycles. The normalized spacial score (nSPS) is 13.5. The number of nitrogens with one attached hydrogen (secondary N) is 1. The van der Waals surface area contributed by atoms with Gasteiger partial charge in [0.05, 0.1) is 33.8 Å². The van der Waals surface area contributed by atoms with Gasteiger partial charge >= 0.3 is 13.8 Å². The van der Waals surface area contributed by atoms with Crippen LogP contribution in [-0.2, 0) is 27.9 Å². The Labute approximate surface area is 511 Å². The van der Waals surface area contributed by atoms with E-state index in [2.05, 4.69) is 32.2 Å². The second-order valence-electron chi connectivity index (χ2n) is 26.5. The first-order valence-electron chi connectivity index (χ1n) is 36.5. The summed E-state index contributed by atoms with van der Waals surface area (Å²) in [7, 11) is 1.52. The molecule has 0 aliphatic heterocycles. The lowest BCUT2D eigenvalue weighted by Crippen LogP contribution is -2.47. The van der Waals surface area contributed by atoms with Crippen LogP contribution in [0, 0.1) is 0 Å². The Morgan fingerprint density at radius 1 is 0.415 bits per heavy atom. The van der Waals surface area contributed by atoms with Gasteiger partial charge < -0.3 is 19.4 Å². The highest BCUT2D eigenvalue weighted by atomic mass is 31.2. The Bertz CT molecular complexity index is 1410. The van der Waals surface area contributed by atoms with Crippen molar-refractivity contribution >= 4 is 19.7 Å². The van der Waals surface area contributed by atoms with Gasteiger partial charge in [0.2, 0.25) is 5.91 Å². The molecule has 1 amide bonds. The van der Waals surface area contributed by atoms with Crippen LogP contribution in [0.15, 0.2) is 12.2 Å². The average molecular weight is 1180 g/mol. The molecule has 0 aromatic rings. The lowest BCUT2D eigenvalue weighted by Gasteiger charge is -2.27. The molecular weight excluding hydrogens is 1040 g/mol. The van der Waals surface area contributed by atoms with E-state index in [-0.39, 0.29) is 25.1 Å². The number of carbonyl (C=O) groups is 2. The Morgan fingerprint density at radius 3 is 1.00 bits per heavy atom. The number of rotatable bonds is 68. The van der Waals surface area contributed by atoms with Crippen LogP contribution in [-0.4, -0.2) is 74.3 Å². The van der Waals surface area contributed by atoms with Gasteiger partial charge in [-0.2, -0.15) is 0 Å². The van der Waals surface area contributed by atoms with Gasteiger partial charge in [-0.3, -0.25) is 18.6 Å². The van der Waals surface area contributed by atoms with Crippen molar-refractivity contribution < 1.29 is 37.3 Å². The maximum absolute atomic E-state index is 13.6. The van der Waals surface area contributed by atoms with Crippen molar-refractivity contribution in [2.45, 2.75) is 399 Å². The smallest absolute Gasteiger partial charge is 0.456 e. The van der Waals surface area contributed by atoms with Gasteiger partial charge in [0.1, 0.15) is 19.3 Å². The third-order valence-corrected chi connectivity index (χ3v) is 18.0. The predicted molar refractivity (Wildman–Crippen MR) is 356 cm³/mol. The number of phosphoric ester groups is 1. The van der Waals surface area contributed by atoms with Gasteiger partial charge in [0.15, 0.2) is 0 Å². The van der Waals surface area contributed by atoms with Crippen molar-refractivity contribution in [2.75, 3.05) is 40.9 Å². The molecule has 0 saturated heterocycles. The van der Waals surface area contributed by atoms with Crippen molar-refractivity contribution in [3.63, 3.8) is 0 Å². The summed E-state index contributed by atoms with van der Waals surface area (Å²) in [5, 5.41) is 3.08. The average Bonchev–Trinajstić information content (AvgIpc) is 3.44. The van der Waals surface area contributed by atoms with Crippen molar-refractivity contribution in [2.24, 2.45) is 0 Å². The number of unbranched alkanes of at least 4 members (excludes halogenated alkanes) is 52. The summed E-state index contributed by atoms with van der Waals surface area (Å²) >= 11 is 0. The molecule has 0 fully saturated rings. The zero-order valence-corrected chi connectivity index (χ0v) is 56.9. The highest BCUT2D eigenvalue weighted by Gasteiger charge is 2.30. The fraction of sp³-hybridized carbons (Fsp3) is 0.944. The number of carbonyl (C=O) groups excluding carboxylic acids is 2. The summed E-state index contributed by atoms with van der Waals surface area (Å²) < 4.78 is 30.9. The molecule has 0 spiro atoms. The van der Waals surface area contributed by atoms with E-state index in [1.54, 1.807) is 0 Å². The van der Waals surface area contributed by atoms with E-state index >= 15 is 0 Å². The van der Waals surface area contributed by atoms with Gasteiger partial charge in [-0.05, 0) is 31.8 Å². The van der Waals surface area contributed by atoms with Crippen molar-refractivity contribution in [1.29, 1.82) is 0 Å². The first-order chi connectivity index (χ1) is 39.9. The summed E-state index contributed by atoms with van der Waals surface area (Å²) in [4.78, 5) is 37.9. The first-order valence-corrected chi connectivity index (χ1v) is 38.0. The zero-order chi connectivity index (χ0) is 60.0. The molecule has 0 heterocycles. The fourth-order valence-electron chi connectivity index (χ4n) is 11.4. The zero-order valence-electron chi connectivity index (χ0n) is 56.0. The number of hydrogen-bond acceptors (Lipinski definition) is 6. The largest absolute Gasteiger partial charge is 0.472 e. The minimum absolute atomic E-state index is 0.0461. The molecule has 0 saturated carbocycles. The quantitative estimate of drug-likeness (QED) is 0.0205. The summed E-state index contributed by atoms with van der Waals surface area (Å²) in [5.41, 5.74) is 0. The van der Waals surface area contributed by atoms with Crippen LogP contribution < -0.4 is 5.32 Å². The van der Waals surface area contributed by atoms with Crippen LogP contribution in [0.5, 0.6) is 0 Å². The number of quaternary nitrogens is 1. The molecule has 0 aromatic carbocycles. The lowest BCUT2D eigenvalue weighted by atomic mass is 10.0. The number of esters is 1. The summed E-state index contributed by atoms with van der Waals surface area (Å²) in [6, 6.07) is -0.840. The molecule has 9 nitrogen and oxygen atoms in total. The van der Waals surface area contributed by atoms with Gasteiger partial charge in [-0.15, -0.1) is 0 Å². The minimum atomic E-state index is -4.45. The molecule has 82 heavy (non-hydrogen) atoms. The number of nitrogens with zero attached hydrogens (tertiary/aromatic N) is 1. The summed E-state index contributed by atoms with van der Waals surface area (Å²) in [6.45, 7) is 7.10. The minimum Gasteiger partial charge on any atom is -0.456 e. The van der Waals surface area contributed by atoms with Crippen molar-refractivity contribution in [1.82, 2.24) is 5.32 Å². The maximum atomic E-state index is 13.6. The molecule has 3 atom stereocenters. The number of allylic oxidation sites excluding steroid dienone is 1. The SMILES string of the molecule is CCCCCCCCCCCC/C=C\C(OC(=O)CCCCCCCCCCCCCCCCCCCCCCCCCCC)C(COP(=O)(O)OCC[N+](C)(C)C)NC(=O)CCCCCCCCCCCCCCCCCCCCC. The number of likely N-dealkylation sites (N-methyl/N-ethyl adjacent to an activating group) is 1. The van der Waals surface area contributed by atoms with E-state index in [4.69, 9.17) is 13.8 Å². The van der Waals surface area contributed by atoms with Crippen molar-refractivity contribution in [3.8, 4) is 0 Å². The lowest BCUT2D eigenvalue weighted by molar-refractivity contribution is -0.870. The van der Waals surface area contributed by atoms with Crippen LogP contribution in [0.1, 0.15) is 387 Å². The second kappa shape index (κ2) is 62.8. The van der Waals surface area contributed by atoms with E-state index in [9.17, 15) is 19.0 Å². The van der Waals surface area contributed by atoms with Gasteiger partial charge in [0.25, 0.3) is 0 Å². The molecule has 488 valence electrons. The Morgan fingerprint density at radius 2 is 0.695 bits per heavy atom. The van der Waals surface area contributed by atoms with Crippen LogP contribution in [0.25, 0.3) is 0 Å². The first kappa shape index (κ1) is 80.8. The molecular formula is C72H144N2O7P+. The molecule has 3 unspecified atom stereocenters. The van der Waals surface area contributed by atoms with Gasteiger partial charge in [-0.1, -0.05) is 354 Å². The number of amides is 1. The van der Waals surface area contributed by atoms with E-state index in [0.29, 0.717) is 23.9 Å². The number of hydrogen-bond donors (Lipinski definition) is 2. The van der Waals surface area contributed by atoms with Crippen LogP contribution in [0.2, 0.25) is 0 Å². The fourth-order valence-corrected chi connectivity index (χ4v) is 12.1. The molecule has 0 aliphatic rings. The van der Waals surface area contributed by atoms with Crippen LogP contribution in [0.4, 0.5) is 0 Å². The number of phosphoric acid groups is 1. The van der Waals surface area contributed by atoms with Crippen LogP contribution in [0.3, 0.4) is 0 Å². The third kappa shape index (κ3) is 63.3. The molecule has 0 bridgehead atoms. The molecule has 2 N–H and O–H groups in total. The van der Waals surface area contributed by atoms with Gasteiger partial charge in [-0.25, -0.2) is 4.57 Å². The van der Waals surface area contributed by atoms with E-state index in [1.807, 2.05) is 27.2 Å². The maximum Gasteiger partial charge on any atom is 0.472 e. The van der Waals surface area contributed by atoms with Crippen LogP contribution >= 0.6 is 7.82 Å². The molecule has 10 heteroatoms. The molecule has 0 rings (SSSR count). The second-order valence-corrected chi connectivity index (χ2v) is 27.9. The summed E-state index contributed by atoms with van der Waals surface area (Å²) in [6.07, 6.45) is 75.2.